The van der Waals surface area contributed by atoms with Gasteiger partial charge in [0.15, 0.2) is 0 Å². The first-order valence-corrected chi connectivity index (χ1v) is 3.88. The highest BCUT2D eigenvalue weighted by atomic mass is 32.2. The van der Waals surface area contributed by atoms with E-state index in [-0.39, 0.29) is 0 Å². The van der Waals surface area contributed by atoms with E-state index in [2.05, 4.69) is 13.0 Å². The predicted molar refractivity (Wildman–Crippen MR) is 35.6 cm³/mol. The molecule has 1 rings (SSSR count). The summed E-state index contributed by atoms with van der Waals surface area (Å²) in [5.41, 5.74) is 0. The summed E-state index contributed by atoms with van der Waals surface area (Å²) in [4.78, 5) is 0. The highest BCUT2D eigenvalue weighted by Gasteiger charge is 2.28. The number of hydrogen-bond donors (Lipinski definition) is 0. The lowest BCUT2D eigenvalue weighted by Crippen LogP contribution is -1.99. The zero-order valence-electron chi connectivity index (χ0n) is 4.92. The van der Waals surface area contributed by atoms with Crippen molar-refractivity contribution in [2.75, 3.05) is 5.75 Å². The molecule has 1 nitrogen and oxygen atoms in total. The molecule has 0 aromatic carbocycles. The van der Waals surface area contributed by atoms with E-state index in [9.17, 15) is 0 Å². The second kappa shape index (κ2) is 2.41. The summed E-state index contributed by atoms with van der Waals surface area (Å²) in [6.45, 7) is 2.15. The van der Waals surface area contributed by atoms with Gasteiger partial charge in [-0.15, -0.1) is 0 Å². The molecule has 2 atom stereocenters. The van der Waals surface area contributed by atoms with E-state index in [1.54, 1.807) is 0 Å². The van der Waals surface area contributed by atoms with Crippen LogP contribution in [0.3, 0.4) is 0 Å². The fourth-order valence-corrected chi connectivity index (χ4v) is 1.52. The van der Waals surface area contributed by atoms with Crippen LogP contribution in [0.15, 0.2) is 0 Å². The van der Waals surface area contributed by atoms with Crippen LogP contribution in [0, 0.1) is 17.2 Å². The molecule has 0 N–H and O–H groups in total. The fraction of sp³-hybridized carbons (Fsp3) is 0.833. The van der Waals surface area contributed by atoms with Crippen molar-refractivity contribution < 1.29 is 0 Å². The van der Waals surface area contributed by atoms with Crippen molar-refractivity contribution in [2.45, 2.75) is 18.6 Å². The van der Waals surface area contributed by atoms with Crippen molar-refractivity contribution in [3.63, 3.8) is 0 Å². The minimum absolute atomic E-state index is 0.630. The molecule has 0 spiro atoms. The molecule has 1 aliphatic heterocycles. The van der Waals surface area contributed by atoms with Gasteiger partial charge < -0.3 is 0 Å². The number of nitriles is 1. The highest BCUT2D eigenvalue weighted by molar-refractivity contribution is 8.06. The first kappa shape index (κ1) is 5.97. The molecule has 0 saturated carbocycles. The monoisotopic (exact) mass is 127 g/mol. The van der Waals surface area contributed by atoms with E-state index in [0.717, 1.165) is 11.7 Å². The zero-order valence-corrected chi connectivity index (χ0v) is 5.74. The van der Waals surface area contributed by atoms with Gasteiger partial charge in [0, 0.05) is 17.4 Å². The summed E-state index contributed by atoms with van der Waals surface area (Å²) in [6.07, 6.45) is 0.734. The van der Waals surface area contributed by atoms with Gasteiger partial charge in [0.1, 0.15) is 0 Å². The highest BCUT2D eigenvalue weighted by Crippen LogP contribution is 2.37. The van der Waals surface area contributed by atoms with Crippen molar-refractivity contribution in [1.82, 2.24) is 0 Å². The third-order valence-corrected chi connectivity index (χ3v) is 2.59. The Morgan fingerprint density at radius 2 is 2.62 bits per heavy atom. The number of nitrogens with zero attached hydrogens (tertiary/aromatic N) is 1. The van der Waals surface area contributed by atoms with Crippen LogP contribution in [0.1, 0.15) is 13.3 Å². The van der Waals surface area contributed by atoms with E-state index in [1.165, 1.54) is 5.75 Å². The van der Waals surface area contributed by atoms with Gasteiger partial charge in [0.2, 0.25) is 0 Å². The van der Waals surface area contributed by atoms with Crippen LogP contribution in [0.4, 0.5) is 0 Å². The minimum Gasteiger partial charge on any atom is -0.198 e. The van der Waals surface area contributed by atoms with Gasteiger partial charge in [-0.25, -0.2) is 0 Å². The lowest BCUT2D eigenvalue weighted by Gasteiger charge is -1.98. The van der Waals surface area contributed by atoms with Gasteiger partial charge in [-0.2, -0.15) is 17.0 Å². The largest absolute Gasteiger partial charge is 0.198 e. The third kappa shape index (κ3) is 1.41. The Morgan fingerprint density at radius 3 is 3.00 bits per heavy atom. The average Bonchev–Trinajstić information content (AvgIpc) is 2.45. The SMILES string of the molecule is CC(CC#N)C1CS1. The normalized spacial score (nSPS) is 28.8. The van der Waals surface area contributed by atoms with Gasteiger partial charge in [0.25, 0.3) is 0 Å². The lowest BCUT2D eigenvalue weighted by atomic mass is 10.1. The van der Waals surface area contributed by atoms with Crippen LogP contribution in [-0.2, 0) is 0 Å². The summed E-state index contributed by atoms with van der Waals surface area (Å²) in [6, 6.07) is 2.18. The van der Waals surface area contributed by atoms with Gasteiger partial charge in [-0.05, 0) is 5.92 Å². The maximum Gasteiger partial charge on any atom is 0.0624 e. The van der Waals surface area contributed by atoms with E-state index in [0.29, 0.717) is 5.92 Å². The summed E-state index contributed by atoms with van der Waals surface area (Å²) >= 11 is 1.97. The summed E-state index contributed by atoms with van der Waals surface area (Å²) in [5.74, 6) is 1.91. The molecule has 1 heterocycles. The molecular weight excluding hydrogens is 118 g/mol. The number of rotatable bonds is 2. The van der Waals surface area contributed by atoms with Crippen molar-refractivity contribution >= 4 is 11.8 Å². The van der Waals surface area contributed by atoms with Crippen LogP contribution in [0.25, 0.3) is 0 Å². The maximum absolute atomic E-state index is 8.25. The van der Waals surface area contributed by atoms with Crippen molar-refractivity contribution in [1.29, 1.82) is 5.26 Å². The van der Waals surface area contributed by atoms with Crippen LogP contribution < -0.4 is 0 Å². The fourth-order valence-electron chi connectivity index (χ4n) is 0.660. The van der Waals surface area contributed by atoms with Crippen LogP contribution in [0.2, 0.25) is 0 Å². The Bertz CT molecular complexity index is 112. The Labute approximate surface area is 54.1 Å². The van der Waals surface area contributed by atoms with E-state index in [1.807, 2.05) is 11.8 Å². The summed E-state index contributed by atoms with van der Waals surface area (Å²) in [7, 11) is 0. The molecule has 2 heteroatoms. The van der Waals surface area contributed by atoms with Crippen molar-refractivity contribution in [3.05, 3.63) is 0 Å². The van der Waals surface area contributed by atoms with Crippen LogP contribution in [-0.4, -0.2) is 11.0 Å². The standard InChI is InChI=1S/C6H9NS/c1-5(2-3-7)6-4-8-6/h5-6H,2,4H2,1H3. The molecule has 44 valence electrons. The first-order chi connectivity index (χ1) is 3.84. The third-order valence-electron chi connectivity index (χ3n) is 1.41. The molecule has 0 amide bonds. The Balaban J connectivity index is 2.15. The van der Waals surface area contributed by atoms with Crippen molar-refractivity contribution in [3.8, 4) is 6.07 Å². The summed E-state index contributed by atoms with van der Waals surface area (Å²) < 4.78 is 0. The average molecular weight is 127 g/mol. The van der Waals surface area contributed by atoms with Gasteiger partial charge in [0.05, 0.1) is 6.07 Å². The topological polar surface area (TPSA) is 23.8 Å². The molecule has 0 aliphatic carbocycles. The second-order valence-electron chi connectivity index (χ2n) is 2.21. The Hall–Kier alpha value is -0.160. The van der Waals surface area contributed by atoms with Crippen LogP contribution >= 0.6 is 11.8 Å². The Kier molecular flexibility index (Phi) is 1.80. The molecule has 0 bridgehead atoms. The minimum atomic E-state index is 0.630. The smallest absolute Gasteiger partial charge is 0.0624 e. The predicted octanol–water partition coefficient (Wildman–Crippen LogP) is 1.65. The second-order valence-corrected chi connectivity index (χ2v) is 3.48. The molecule has 0 radical (unpaired) electrons. The van der Waals surface area contributed by atoms with E-state index < -0.39 is 0 Å². The molecule has 0 aromatic rings. The molecular formula is C6H9NS. The van der Waals surface area contributed by atoms with Gasteiger partial charge >= 0.3 is 0 Å². The molecule has 8 heavy (non-hydrogen) atoms. The van der Waals surface area contributed by atoms with Crippen molar-refractivity contribution in [2.24, 2.45) is 5.92 Å². The van der Waals surface area contributed by atoms with E-state index >= 15 is 0 Å². The Morgan fingerprint density at radius 1 is 2.00 bits per heavy atom. The molecule has 1 fully saturated rings. The first-order valence-electron chi connectivity index (χ1n) is 2.83. The van der Waals surface area contributed by atoms with Gasteiger partial charge in [-0.1, -0.05) is 6.92 Å². The summed E-state index contributed by atoms with van der Waals surface area (Å²) in [5, 5.41) is 9.07. The number of thioether (sulfide) groups is 1. The van der Waals surface area contributed by atoms with Crippen LogP contribution in [0.5, 0.6) is 0 Å². The molecule has 1 saturated heterocycles. The molecule has 2 unspecified atom stereocenters. The van der Waals surface area contributed by atoms with E-state index in [4.69, 9.17) is 5.26 Å². The zero-order chi connectivity index (χ0) is 5.98. The lowest BCUT2D eigenvalue weighted by molar-refractivity contribution is 0.625. The molecule has 0 aromatic heterocycles. The molecule has 1 aliphatic rings. The number of hydrogen-bond acceptors (Lipinski definition) is 2. The maximum atomic E-state index is 8.25. The quantitative estimate of drug-likeness (QED) is 0.527. The van der Waals surface area contributed by atoms with Gasteiger partial charge in [-0.3, -0.25) is 0 Å².